The van der Waals surface area contributed by atoms with Crippen molar-refractivity contribution in [3.05, 3.63) is 29.3 Å². The second kappa shape index (κ2) is 6.75. The van der Waals surface area contributed by atoms with Crippen LogP contribution in [0.1, 0.15) is 35.2 Å². The van der Waals surface area contributed by atoms with E-state index < -0.39 is 0 Å². The number of likely N-dealkylation sites (tertiary alicyclic amines) is 1. The number of piperidine rings is 1. The monoisotopic (exact) mass is 275 g/mol. The van der Waals surface area contributed by atoms with E-state index in [-0.39, 0.29) is 5.91 Å². The van der Waals surface area contributed by atoms with Crippen molar-refractivity contribution in [2.24, 2.45) is 5.92 Å². The van der Waals surface area contributed by atoms with E-state index in [1.54, 1.807) is 6.07 Å². The molecular weight excluding hydrogens is 250 g/mol. The first-order chi connectivity index (χ1) is 9.56. The molecule has 4 heteroatoms. The average Bonchev–Trinajstić information content (AvgIpc) is 2.43. The Kier molecular flexibility index (Phi) is 5.01. The SMILES string of the molecule is Cc1ccc(N)cc1C(=O)NCCC1CCN(C)CC1. The zero-order chi connectivity index (χ0) is 14.5. The summed E-state index contributed by atoms with van der Waals surface area (Å²) in [4.78, 5) is 14.5. The van der Waals surface area contributed by atoms with Gasteiger partial charge in [-0.25, -0.2) is 0 Å². The summed E-state index contributed by atoms with van der Waals surface area (Å²) >= 11 is 0. The largest absolute Gasteiger partial charge is 0.399 e. The molecule has 1 heterocycles. The molecule has 1 fully saturated rings. The molecule has 1 amide bonds. The molecule has 0 radical (unpaired) electrons. The minimum atomic E-state index is -0.0114. The van der Waals surface area contributed by atoms with Gasteiger partial charge in [0.15, 0.2) is 0 Å². The number of benzene rings is 1. The molecule has 0 spiro atoms. The van der Waals surface area contributed by atoms with Crippen LogP contribution >= 0.6 is 0 Å². The molecule has 3 N–H and O–H groups in total. The molecule has 0 unspecified atom stereocenters. The molecule has 0 atom stereocenters. The highest BCUT2D eigenvalue weighted by molar-refractivity contribution is 5.96. The highest BCUT2D eigenvalue weighted by Gasteiger charge is 2.16. The van der Waals surface area contributed by atoms with E-state index in [1.807, 2.05) is 19.1 Å². The van der Waals surface area contributed by atoms with Gasteiger partial charge < -0.3 is 16.0 Å². The van der Waals surface area contributed by atoms with Crippen molar-refractivity contribution in [2.45, 2.75) is 26.2 Å². The first kappa shape index (κ1) is 14.9. The number of carbonyl (C=O) groups is 1. The summed E-state index contributed by atoms with van der Waals surface area (Å²) < 4.78 is 0. The first-order valence-electron chi connectivity index (χ1n) is 7.39. The summed E-state index contributed by atoms with van der Waals surface area (Å²) in [7, 11) is 2.17. The third kappa shape index (κ3) is 3.97. The summed E-state index contributed by atoms with van der Waals surface area (Å²) in [5.74, 6) is 0.733. The third-order valence-corrected chi connectivity index (χ3v) is 4.18. The number of nitrogens with zero attached hydrogens (tertiary/aromatic N) is 1. The lowest BCUT2D eigenvalue weighted by Gasteiger charge is -2.28. The summed E-state index contributed by atoms with van der Waals surface area (Å²) in [6, 6.07) is 5.46. The van der Waals surface area contributed by atoms with E-state index in [9.17, 15) is 4.79 Å². The van der Waals surface area contributed by atoms with Gasteiger partial charge in [0.05, 0.1) is 0 Å². The fraction of sp³-hybridized carbons (Fsp3) is 0.562. The van der Waals surface area contributed by atoms with Crippen LogP contribution in [0.25, 0.3) is 0 Å². The molecule has 0 bridgehead atoms. The van der Waals surface area contributed by atoms with Crippen molar-refractivity contribution < 1.29 is 4.79 Å². The summed E-state index contributed by atoms with van der Waals surface area (Å²) in [5, 5.41) is 3.02. The highest BCUT2D eigenvalue weighted by atomic mass is 16.1. The predicted octanol–water partition coefficient (Wildman–Crippen LogP) is 2.04. The Hall–Kier alpha value is -1.55. The van der Waals surface area contributed by atoms with E-state index in [2.05, 4.69) is 17.3 Å². The normalized spacial score (nSPS) is 17.1. The zero-order valence-electron chi connectivity index (χ0n) is 12.5. The van der Waals surface area contributed by atoms with Gasteiger partial charge in [0.2, 0.25) is 0 Å². The van der Waals surface area contributed by atoms with Crippen LogP contribution in [0.5, 0.6) is 0 Å². The van der Waals surface area contributed by atoms with E-state index in [0.717, 1.165) is 24.4 Å². The topological polar surface area (TPSA) is 58.4 Å². The molecule has 0 saturated carbocycles. The van der Waals surface area contributed by atoms with E-state index >= 15 is 0 Å². The molecule has 20 heavy (non-hydrogen) atoms. The van der Waals surface area contributed by atoms with Crippen LogP contribution in [0.2, 0.25) is 0 Å². The highest BCUT2D eigenvalue weighted by Crippen LogP contribution is 2.19. The van der Waals surface area contributed by atoms with Crippen molar-refractivity contribution in [3.8, 4) is 0 Å². The van der Waals surface area contributed by atoms with Gasteiger partial charge in [0.1, 0.15) is 0 Å². The lowest BCUT2D eigenvalue weighted by molar-refractivity contribution is 0.0948. The smallest absolute Gasteiger partial charge is 0.251 e. The van der Waals surface area contributed by atoms with Gasteiger partial charge in [-0.2, -0.15) is 0 Å². The molecule has 1 aromatic rings. The zero-order valence-corrected chi connectivity index (χ0v) is 12.5. The fourth-order valence-electron chi connectivity index (χ4n) is 2.72. The van der Waals surface area contributed by atoms with Gasteiger partial charge in [-0.15, -0.1) is 0 Å². The Morgan fingerprint density at radius 3 is 2.80 bits per heavy atom. The molecule has 4 nitrogen and oxygen atoms in total. The predicted molar refractivity (Wildman–Crippen MR) is 82.8 cm³/mol. The Balaban J connectivity index is 1.79. The van der Waals surface area contributed by atoms with Crippen LogP contribution in [-0.2, 0) is 0 Å². The second-order valence-corrected chi connectivity index (χ2v) is 5.87. The number of nitrogen functional groups attached to an aromatic ring is 1. The van der Waals surface area contributed by atoms with Gasteiger partial charge >= 0.3 is 0 Å². The number of nitrogens with two attached hydrogens (primary N) is 1. The Labute approximate surface area is 121 Å². The molecule has 1 aromatic carbocycles. The van der Waals surface area contributed by atoms with Crippen LogP contribution in [0.3, 0.4) is 0 Å². The van der Waals surface area contributed by atoms with E-state index in [0.29, 0.717) is 11.3 Å². The number of aryl methyl sites for hydroxylation is 1. The number of rotatable bonds is 4. The number of carbonyl (C=O) groups excluding carboxylic acids is 1. The maximum absolute atomic E-state index is 12.1. The van der Waals surface area contributed by atoms with Crippen molar-refractivity contribution in [2.75, 3.05) is 32.4 Å². The van der Waals surface area contributed by atoms with Gasteiger partial charge in [-0.1, -0.05) is 6.07 Å². The molecule has 0 aliphatic carbocycles. The molecule has 0 aromatic heterocycles. The van der Waals surface area contributed by atoms with Gasteiger partial charge in [-0.05, 0) is 69.9 Å². The maximum Gasteiger partial charge on any atom is 0.251 e. The van der Waals surface area contributed by atoms with Gasteiger partial charge in [0, 0.05) is 17.8 Å². The van der Waals surface area contributed by atoms with E-state index in [4.69, 9.17) is 5.73 Å². The lowest BCUT2D eigenvalue weighted by atomic mass is 9.94. The second-order valence-electron chi connectivity index (χ2n) is 5.87. The number of anilines is 1. The molecular formula is C16H25N3O. The number of amides is 1. The lowest BCUT2D eigenvalue weighted by Crippen LogP contribution is -2.32. The van der Waals surface area contributed by atoms with Crippen molar-refractivity contribution in [1.82, 2.24) is 10.2 Å². The summed E-state index contributed by atoms with van der Waals surface area (Å²) in [5.41, 5.74) is 8.03. The number of hydrogen-bond acceptors (Lipinski definition) is 3. The molecule has 1 aliphatic heterocycles. The van der Waals surface area contributed by atoms with Gasteiger partial charge in [0.25, 0.3) is 5.91 Å². The third-order valence-electron chi connectivity index (χ3n) is 4.18. The van der Waals surface area contributed by atoms with Crippen LogP contribution in [-0.4, -0.2) is 37.5 Å². The quantitative estimate of drug-likeness (QED) is 0.827. The summed E-state index contributed by atoms with van der Waals surface area (Å²) in [6.07, 6.45) is 3.55. The standard InChI is InChI=1S/C16H25N3O/c1-12-3-4-14(17)11-15(12)16(20)18-8-5-13-6-9-19(2)10-7-13/h3-4,11,13H,5-10,17H2,1-2H3,(H,18,20). The van der Waals surface area contributed by atoms with Gasteiger partial charge in [-0.3, -0.25) is 4.79 Å². The molecule has 110 valence electrons. The fourth-order valence-corrected chi connectivity index (χ4v) is 2.72. The average molecular weight is 275 g/mol. The van der Waals surface area contributed by atoms with Crippen molar-refractivity contribution in [1.29, 1.82) is 0 Å². The Morgan fingerprint density at radius 2 is 2.10 bits per heavy atom. The van der Waals surface area contributed by atoms with Crippen LogP contribution < -0.4 is 11.1 Å². The van der Waals surface area contributed by atoms with Crippen LogP contribution in [0.15, 0.2) is 18.2 Å². The maximum atomic E-state index is 12.1. The molecule has 2 rings (SSSR count). The van der Waals surface area contributed by atoms with Crippen molar-refractivity contribution in [3.63, 3.8) is 0 Å². The number of nitrogens with one attached hydrogen (secondary N) is 1. The van der Waals surface area contributed by atoms with Crippen molar-refractivity contribution >= 4 is 11.6 Å². The Morgan fingerprint density at radius 1 is 1.40 bits per heavy atom. The molecule has 1 saturated heterocycles. The number of hydrogen-bond donors (Lipinski definition) is 2. The van der Waals surface area contributed by atoms with E-state index in [1.165, 1.54) is 25.9 Å². The summed E-state index contributed by atoms with van der Waals surface area (Å²) in [6.45, 7) is 5.03. The molecule has 1 aliphatic rings. The minimum Gasteiger partial charge on any atom is -0.399 e. The minimum absolute atomic E-state index is 0.0114. The van der Waals surface area contributed by atoms with Crippen LogP contribution in [0.4, 0.5) is 5.69 Å². The van der Waals surface area contributed by atoms with Crippen LogP contribution in [0, 0.1) is 12.8 Å². The first-order valence-corrected chi connectivity index (χ1v) is 7.39. The Bertz CT molecular complexity index is 465.